The van der Waals surface area contributed by atoms with Crippen molar-refractivity contribution >= 4 is 23.2 Å². The minimum absolute atomic E-state index is 0.548. The average molecular weight is 302 g/mol. The highest BCUT2D eigenvalue weighted by atomic mass is 35.5. The van der Waals surface area contributed by atoms with E-state index in [1.165, 1.54) is 0 Å². The number of aromatic nitrogens is 5. The van der Waals surface area contributed by atoms with E-state index >= 15 is 0 Å². The predicted octanol–water partition coefficient (Wildman–Crippen LogP) is 2.54. The second-order valence-electron chi connectivity index (χ2n) is 4.22. The van der Waals surface area contributed by atoms with E-state index in [0.717, 1.165) is 41.5 Å². The van der Waals surface area contributed by atoms with E-state index in [1.54, 1.807) is 4.68 Å². The van der Waals surface area contributed by atoms with Gasteiger partial charge in [-0.15, -0.1) is 16.7 Å². The highest BCUT2D eigenvalue weighted by molar-refractivity contribution is 6.31. The normalized spacial score (nSPS) is 11.2. The fraction of sp³-hybridized carbons (Fsp3) is 0.583. The molecule has 0 aromatic carbocycles. The van der Waals surface area contributed by atoms with Crippen molar-refractivity contribution in [3.8, 4) is 0 Å². The first-order valence-corrected chi connectivity index (χ1v) is 7.29. The summed E-state index contributed by atoms with van der Waals surface area (Å²) in [5, 5.41) is 13.4. The zero-order valence-corrected chi connectivity index (χ0v) is 12.6. The molecular formula is C12H17Cl2N5. The molecule has 2 aromatic rings. The minimum Gasteiger partial charge on any atom is -0.266 e. The molecule has 2 heterocycles. The molecule has 0 radical (unpaired) electrons. The Kier molecular flexibility index (Phi) is 4.82. The third-order valence-electron chi connectivity index (χ3n) is 2.94. The van der Waals surface area contributed by atoms with Gasteiger partial charge in [0, 0.05) is 25.0 Å². The number of halogens is 2. The van der Waals surface area contributed by atoms with Gasteiger partial charge in [-0.05, 0) is 13.3 Å². The van der Waals surface area contributed by atoms with Crippen LogP contribution >= 0.6 is 23.2 Å². The van der Waals surface area contributed by atoms with Crippen LogP contribution in [0.2, 0.25) is 5.02 Å². The van der Waals surface area contributed by atoms with E-state index in [1.807, 2.05) is 24.7 Å². The zero-order valence-electron chi connectivity index (χ0n) is 11.1. The topological polar surface area (TPSA) is 48.5 Å². The van der Waals surface area contributed by atoms with Crippen LogP contribution in [0.5, 0.6) is 0 Å². The molecule has 2 aromatic heterocycles. The second-order valence-corrected chi connectivity index (χ2v) is 4.98. The van der Waals surface area contributed by atoms with E-state index in [0.29, 0.717) is 12.4 Å². The van der Waals surface area contributed by atoms with Gasteiger partial charge in [-0.1, -0.05) is 23.7 Å². The SMILES string of the molecule is CCc1nn(CC)c(Cn2cc(CCCl)nn2)c1Cl. The highest BCUT2D eigenvalue weighted by Crippen LogP contribution is 2.22. The summed E-state index contributed by atoms with van der Waals surface area (Å²) < 4.78 is 3.69. The third kappa shape index (κ3) is 3.09. The van der Waals surface area contributed by atoms with Crippen LogP contribution in [0.15, 0.2) is 6.20 Å². The van der Waals surface area contributed by atoms with Crippen LogP contribution in [0, 0.1) is 0 Å². The summed E-state index contributed by atoms with van der Waals surface area (Å²) in [4.78, 5) is 0. The Morgan fingerprint density at radius 1 is 1.32 bits per heavy atom. The van der Waals surface area contributed by atoms with Gasteiger partial charge in [0.1, 0.15) is 0 Å². The standard InChI is InChI=1S/C12H17Cl2N5/c1-3-10-12(14)11(19(4-2)16-10)8-18-7-9(5-6-13)15-17-18/h7H,3-6,8H2,1-2H3. The number of hydrogen-bond donors (Lipinski definition) is 0. The first kappa shape index (κ1) is 14.3. The van der Waals surface area contributed by atoms with Gasteiger partial charge in [-0.2, -0.15) is 5.10 Å². The van der Waals surface area contributed by atoms with Crippen LogP contribution in [0.3, 0.4) is 0 Å². The van der Waals surface area contributed by atoms with E-state index in [9.17, 15) is 0 Å². The van der Waals surface area contributed by atoms with Gasteiger partial charge in [0.25, 0.3) is 0 Å². The summed E-state index contributed by atoms with van der Waals surface area (Å²) >= 11 is 12.0. The molecule has 0 saturated carbocycles. The number of aryl methyl sites for hydroxylation is 3. The van der Waals surface area contributed by atoms with Crippen molar-refractivity contribution in [2.75, 3.05) is 5.88 Å². The van der Waals surface area contributed by atoms with E-state index in [2.05, 4.69) is 15.4 Å². The number of rotatable bonds is 6. The predicted molar refractivity (Wildman–Crippen MR) is 75.8 cm³/mol. The lowest BCUT2D eigenvalue weighted by Gasteiger charge is -2.04. The summed E-state index contributed by atoms with van der Waals surface area (Å²) in [5.74, 6) is 0.548. The van der Waals surface area contributed by atoms with Crippen molar-refractivity contribution in [2.45, 2.75) is 39.8 Å². The summed E-state index contributed by atoms with van der Waals surface area (Å²) in [6.07, 6.45) is 3.45. The molecule has 0 fully saturated rings. The molecule has 0 bridgehead atoms. The summed E-state index contributed by atoms with van der Waals surface area (Å²) in [6, 6.07) is 0. The van der Waals surface area contributed by atoms with Crippen molar-refractivity contribution in [3.05, 3.63) is 28.3 Å². The second kappa shape index (κ2) is 6.39. The van der Waals surface area contributed by atoms with Gasteiger partial charge in [0.05, 0.1) is 28.6 Å². The van der Waals surface area contributed by atoms with Gasteiger partial charge in [0.2, 0.25) is 0 Å². The first-order valence-electron chi connectivity index (χ1n) is 6.38. The van der Waals surface area contributed by atoms with Gasteiger partial charge in [-0.3, -0.25) is 4.68 Å². The lowest BCUT2D eigenvalue weighted by molar-refractivity contribution is 0.564. The van der Waals surface area contributed by atoms with Gasteiger partial charge >= 0.3 is 0 Å². The minimum atomic E-state index is 0.548. The highest BCUT2D eigenvalue weighted by Gasteiger charge is 2.15. The number of hydrogen-bond acceptors (Lipinski definition) is 3. The van der Waals surface area contributed by atoms with E-state index < -0.39 is 0 Å². The van der Waals surface area contributed by atoms with Crippen molar-refractivity contribution in [3.63, 3.8) is 0 Å². The van der Waals surface area contributed by atoms with E-state index in [-0.39, 0.29) is 0 Å². The van der Waals surface area contributed by atoms with Crippen LogP contribution in [-0.4, -0.2) is 30.7 Å². The maximum Gasteiger partial charge on any atom is 0.0869 e. The van der Waals surface area contributed by atoms with Crippen LogP contribution in [-0.2, 0) is 25.9 Å². The lowest BCUT2D eigenvalue weighted by atomic mass is 10.3. The van der Waals surface area contributed by atoms with Crippen LogP contribution < -0.4 is 0 Å². The average Bonchev–Trinajstić information content (AvgIpc) is 2.97. The zero-order chi connectivity index (χ0) is 13.8. The Bertz CT molecular complexity index is 546. The first-order chi connectivity index (χ1) is 9.19. The fourth-order valence-corrected chi connectivity index (χ4v) is 2.47. The Labute approximate surface area is 122 Å². The molecule has 0 unspecified atom stereocenters. The van der Waals surface area contributed by atoms with Gasteiger partial charge < -0.3 is 0 Å². The summed E-state index contributed by atoms with van der Waals surface area (Å²) in [6.45, 7) is 5.46. The summed E-state index contributed by atoms with van der Waals surface area (Å²) in [5.41, 5.74) is 2.80. The van der Waals surface area contributed by atoms with Crippen molar-refractivity contribution in [2.24, 2.45) is 0 Å². The molecule has 0 atom stereocenters. The van der Waals surface area contributed by atoms with Crippen molar-refractivity contribution in [1.29, 1.82) is 0 Å². The smallest absolute Gasteiger partial charge is 0.0869 e. The molecule has 2 rings (SSSR count). The monoisotopic (exact) mass is 301 g/mol. The molecule has 0 spiro atoms. The van der Waals surface area contributed by atoms with Gasteiger partial charge in [-0.25, -0.2) is 4.68 Å². The molecule has 0 aliphatic heterocycles. The fourth-order valence-electron chi connectivity index (χ4n) is 1.95. The lowest BCUT2D eigenvalue weighted by Crippen LogP contribution is -2.08. The number of alkyl halides is 1. The van der Waals surface area contributed by atoms with Crippen molar-refractivity contribution < 1.29 is 0 Å². The molecule has 0 amide bonds. The molecule has 0 N–H and O–H groups in total. The Balaban J connectivity index is 2.23. The Hall–Kier alpha value is -1.07. The molecule has 0 aliphatic rings. The largest absolute Gasteiger partial charge is 0.266 e. The van der Waals surface area contributed by atoms with Crippen LogP contribution in [0.25, 0.3) is 0 Å². The summed E-state index contributed by atoms with van der Waals surface area (Å²) in [7, 11) is 0. The molecular weight excluding hydrogens is 285 g/mol. The van der Waals surface area contributed by atoms with E-state index in [4.69, 9.17) is 23.2 Å². The number of nitrogens with zero attached hydrogens (tertiary/aromatic N) is 5. The third-order valence-corrected chi connectivity index (χ3v) is 3.57. The molecule has 19 heavy (non-hydrogen) atoms. The Morgan fingerprint density at radius 3 is 2.74 bits per heavy atom. The molecule has 104 valence electrons. The quantitative estimate of drug-likeness (QED) is 0.770. The molecule has 5 nitrogen and oxygen atoms in total. The van der Waals surface area contributed by atoms with Gasteiger partial charge in [0.15, 0.2) is 0 Å². The van der Waals surface area contributed by atoms with Crippen LogP contribution in [0.1, 0.15) is 30.9 Å². The maximum atomic E-state index is 6.36. The molecule has 0 aliphatic carbocycles. The molecule has 7 heteroatoms. The van der Waals surface area contributed by atoms with Crippen molar-refractivity contribution in [1.82, 2.24) is 24.8 Å². The maximum absolute atomic E-state index is 6.36. The van der Waals surface area contributed by atoms with Crippen LogP contribution in [0.4, 0.5) is 0 Å². The molecule has 0 saturated heterocycles. The Morgan fingerprint density at radius 2 is 2.11 bits per heavy atom.